The lowest BCUT2D eigenvalue weighted by Crippen LogP contribution is -2.29. The maximum atomic E-state index is 10.7. The minimum atomic E-state index is -0.421. The van der Waals surface area contributed by atoms with Gasteiger partial charge in [-0.1, -0.05) is 0 Å². The standard InChI is InChI=1S/C6H9NO2/c1-2-9-6-5(8)3-4-7-6/h3-4,6-7H,2H2,1H3. The molecule has 3 nitrogen and oxygen atoms in total. The topological polar surface area (TPSA) is 38.3 Å². The third kappa shape index (κ3) is 1.29. The van der Waals surface area contributed by atoms with E-state index in [0.717, 1.165) is 0 Å². The molecule has 0 aromatic rings. The van der Waals surface area contributed by atoms with Crippen molar-refractivity contribution in [2.45, 2.75) is 13.2 Å². The molecule has 0 saturated heterocycles. The summed E-state index contributed by atoms with van der Waals surface area (Å²) in [6.07, 6.45) is 2.65. The normalized spacial score (nSPS) is 24.6. The van der Waals surface area contributed by atoms with E-state index in [4.69, 9.17) is 4.74 Å². The van der Waals surface area contributed by atoms with E-state index >= 15 is 0 Å². The van der Waals surface area contributed by atoms with Gasteiger partial charge in [0.1, 0.15) is 0 Å². The molecule has 0 aliphatic carbocycles. The molecule has 0 bridgehead atoms. The van der Waals surface area contributed by atoms with Gasteiger partial charge in [-0.05, 0) is 6.92 Å². The maximum absolute atomic E-state index is 10.7. The van der Waals surface area contributed by atoms with Gasteiger partial charge in [-0.3, -0.25) is 4.79 Å². The van der Waals surface area contributed by atoms with Gasteiger partial charge in [0.2, 0.25) is 5.78 Å². The Kier molecular flexibility index (Phi) is 1.85. The molecule has 1 N–H and O–H groups in total. The van der Waals surface area contributed by atoms with Crippen LogP contribution in [0.15, 0.2) is 12.3 Å². The molecular formula is C6H9NO2. The van der Waals surface area contributed by atoms with E-state index in [2.05, 4.69) is 5.32 Å². The summed E-state index contributed by atoms with van der Waals surface area (Å²) in [5.74, 6) is -0.00292. The predicted octanol–water partition coefficient (Wildman–Crippen LogP) is 0.0350. The third-order valence-corrected chi connectivity index (χ3v) is 1.09. The minimum absolute atomic E-state index is 0.00292. The lowest BCUT2D eigenvalue weighted by Gasteiger charge is -2.07. The van der Waals surface area contributed by atoms with Crippen molar-refractivity contribution in [2.24, 2.45) is 0 Å². The number of carbonyl (C=O) groups excluding carboxylic acids is 1. The summed E-state index contributed by atoms with van der Waals surface area (Å²) in [4.78, 5) is 10.7. The van der Waals surface area contributed by atoms with Gasteiger partial charge in [0, 0.05) is 18.9 Å². The molecule has 0 fully saturated rings. The molecule has 1 aliphatic heterocycles. The van der Waals surface area contributed by atoms with E-state index in [1.165, 1.54) is 6.08 Å². The maximum Gasteiger partial charge on any atom is 0.206 e. The van der Waals surface area contributed by atoms with Crippen LogP contribution in [0.5, 0.6) is 0 Å². The zero-order valence-corrected chi connectivity index (χ0v) is 5.26. The van der Waals surface area contributed by atoms with E-state index in [1.807, 2.05) is 6.92 Å². The molecule has 0 saturated carbocycles. The van der Waals surface area contributed by atoms with Crippen LogP contribution in [0.3, 0.4) is 0 Å². The number of rotatable bonds is 2. The summed E-state index contributed by atoms with van der Waals surface area (Å²) in [5.41, 5.74) is 0. The van der Waals surface area contributed by atoms with Gasteiger partial charge in [-0.25, -0.2) is 0 Å². The summed E-state index contributed by atoms with van der Waals surface area (Å²) in [6, 6.07) is 0. The quantitative estimate of drug-likeness (QED) is 0.569. The molecule has 0 aromatic carbocycles. The van der Waals surface area contributed by atoms with Crippen LogP contribution in [0.1, 0.15) is 6.92 Å². The van der Waals surface area contributed by atoms with Gasteiger partial charge in [-0.2, -0.15) is 0 Å². The van der Waals surface area contributed by atoms with Crippen LogP contribution in [0.4, 0.5) is 0 Å². The smallest absolute Gasteiger partial charge is 0.206 e. The van der Waals surface area contributed by atoms with Crippen molar-refractivity contribution >= 4 is 5.78 Å². The number of carbonyl (C=O) groups is 1. The van der Waals surface area contributed by atoms with E-state index < -0.39 is 6.23 Å². The van der Waals surface area contributed by atoms with Gasteiger partial charge in [0.15, 0.2) is 6.23 Å². The number of hydrogen-bond acceptors (Lipinski definition) is 3. The van der Waals surface area contributed by atoms with Gasteiger partial charge in [-0.15, -0.1) is 0 Å². The summed E-state index contributed by atoms with van der Waals surface area (Å²) < 4.78 is 4.99. The van der Waals surface area contributed by atoms with Crippen LogP contribution in [0.2, 0.25) is 0 Å². The second kappa shape index (κ2) is 2.64. The molecule has 1 unspecified atom stereocenters. The Hall–Kier alpha value is -0.830. The molecule has 0 aromatic heterocycles. The van der Waals surface area contributed by atoms with Crippen molar-refractivity contribution in [2.75, 3.05) is 6.61 Å². The highest BCUT2D eigenvalue weighted by Crippen LogP contribution is 1.97. The molecule has 1 atom stereocenters. The highest BCUT2D eigenvalue weighted by Gasteiger charge is 2.17. The van der Waals surface area contributed by atoms with Crippen molar-refractivity contribution in [1.82, 2.24) is 5.32 Å². The fourth-order valence-electron chi connectivity index (χ4n) is 0.684. The van der Waals surface area contributed by atoms with Gasteiger partial charge in [0.25, 0.3) is 0 Å². The SMILES string of the molecule is CCOC1NC=CC1=O. The molecule has 1 aliphatic rings. The minimum Gasteiger partial charge on any atom is -0.360 e. The first-order chi connectivity index (χ1) is 4.34. The second-order valence-corrected chi connectivity index (χ2v) is 1.74. The lowest BCUT2D eigenvalue weighted by molar-refractivity contribution is -0.125. The first-order valence-electron chi connectivity index (χ1n) is 2.92. The largest absolute Gasteiger partial charge is 0.360 e. The molecule has 1 heterocycles. The summed E-state index contributed by atoms with van der Waals surface area (Å²) in [7, 11) is 0. The van der Waals surface area contributed by atoms with Crippen LogP contribution < -0.4 is 5.32 Å². The van der Waals surface area contributed by atoms with Crippen LogP contribution in [0, 0.1) is 0 Å². The fourth-order valence-corrected chi connectivity index (χ4v) is 0.684. The lowest BCUT2D eigenvalue weighted by atomic mass is 10.4. The molecule has 50 valence electrons. The Labute approximate surface area is 53.7 Å². The Bertz CT molecular complexity index is 142. The van der Waals surface area contributed by atoms with E-state index in [0.29, 0.717) is 6.61 Å². The average Bonchev–Trinajstić information content (AvgIpc) is 2.18. The molecule has 0 amide bonds. The summed E-state index contributed by atoms with van der Waals surface area (Å²) in [6.45, 7) is 2.42. The second-order valence-electron chi connectivity index (χ2n) is 1.74. The van der Waals surface area contributed by atoms with Gasteiger partial charge < -0.3 is 10.1 Å². The van der Waals surface area contributed by atoms with Crippen LogP contribution in [-0.4, -0.2) is 18.6 Å². The van der Waals surface area contributed by atoms with Crippen LogP contribution in [-0.2, 0) is 9.53 Å². The van der Waals surface area contributed by atoms with Crippen molar-refractivity contribution in [1.29, 1.82) is 0 Å². The fraction of sp³-hybridized carbons (Fsp3) is 0.500. The average molecular weight is 127 g/mol. The number of hydrogen-bond donors (Lipinski definition) is 1. The van der Waals surface area contributed by atoms with Crippen molar-refractivity contribution in [3.63, 3.8) is 0 Å². The van der Waals surface area contributed by atoms with E-state index in [-0.39, 0.29) is 5.78 Å². The molecule has 0 radical (unpaired) electrons. The number of ketones is 1. The first-order valence-corrected chi connectivity index (χ1v) is 2.92. The highest BCUT2D eigenvalue weighted by atomic mass is 16.5. The summed E-state index contributed by atoms with van der Waals surface area (Å²) >= 11 is 0. The monoisotopic (exact) mass is 127 g/mol. The zero-order valence-electron chi connectivity index (χ0n) is 5.26. The van der Waals surface area contributed by atoms with Crippen LogP contribution >= 0.6 is 0 Å². The molecule has 1 rings (SSSR count). The molecule has 9 heavy (non-hydrogen) atoms. The Morgan fingerprint density at radius 2 is 2.67 bits per heavy atom. The Morgan fingerprint density at radius 1 is 1.89 bits per heavy atom. The van der Waals surface area contributed by atoms with Gasteiger partial charge >= 0.3 is 0 Å². The molecule has 3 heteroatoms. The molecular weight excluding hydrogens is 118 g/mol. The number of ether oxygens (including phenoxy) is 1. The van der Waals surface area contributed by atoms with Crippen molar-refractivity contribution < 1.29 is 9.53 Å². The highest BCUT2D eigenvalue weighted by molar-refractivity contribution is 5.95. The van der Waals surface area contributed by atoms with E-state index in [9.17, 15) is 4.79 Å². The predicted molar refractivity (Wildman–Crippen MR) is 32.7 cm³/mol. The van der Waals surface area contributed by atoms with Crippen molar-refractivity contribution in [3.8, 4) is 0 Å². The van der Waals surface area contributed by atoms with Crippen LogP contribution in [0.25, 0.3) is 0 Å². The van der Waals surface area contributed by atoms with Gasteiger partial charge in [0.05, 0.1) is 0 Å². The van der Waals surface area contributed by atoms with Crippen molar-refractivity contribution in [3.05, 3.63) is 12.3 Å². The third-order valence-electron chi connectivity index (χ3n) is 1.09. The molecule has 0 spiro atoms. The Balaban J connectivity index is 2.37. The summed E-state index contributed by atoms with van der Waals surface area (Å²) in [5, 5.41) is 2.75. The van der Waals surface area contributed by atoms with E-state index in [1.54, 1.807) is 6.20 Å². The first kappa shape index (κ1) is 6.29. The number of nitrogens with one attached hydrogen (secondary N) is 1. The Morgan fingerprint density at radius 3 is 3.11 bits per heavy atom. The zero-order chi connectivity index (χ0) is 6.69.